The summed E-state index contributed by atoms with van der Waals surface area (Å²) in [7, 11) is 2.04. The Morgan fingerprint density at radius 2 is 2.17 bits per heavy atom. The topological polar surface area (TPSA) is 32.6 Å². The average Bonchev–Trinajstić information content (AvgIpc) is 2.88. The Bertz CT molecular complexity index is 511. The van der Waals surface area contributed by atoms with E-state index in [2.05, 4.69) is 37.8 Å². The highest BCUT2D eigenvalue weighted by Crippen LogP contribution is 2.23. The lowest BCUT2D eigenvalue weighted by Crippen LogP contribution is -2.37. The highest BCUT2D eigenvalue weighted by molar-refractivity contribution is 5.51. The average molecular weight is 244 g/mol. The lowest BCUT2D eigenvalue weighted by molar-refractivity contribution is 0.392. The predicted molar refractivity (Wildman–Crippen MR) is 74.1 cm³/mol. The van der Waals surface area contributed by atoms with E-state index in [4.69, 9.17) is 0 Å². The Labute approximate surface area is 108 Å². The van der Waals surface area contributed by atoms with Crippen LogP contribution in [0.2, 0.25) is 0 Å². The molecule has 3 heterocycles. The quantitative estimate of drug-likeness (QED) is 0.893. The molecular formula is C14H20N4. The molecule has 18 heavy (non-hydrogen) atoms. The number of rotatable bonds is 3. The molecule has 2 aromatic rings. The van der Waals surface area contributed by atoms with E-state index in [0.717, 1.165) is 31.2 Å². The number of nitrogens with one attached hydrogen (secondary N) is 1. The number of fused-ring (bicyclic) bond motifs is 1. The van der Waals surface area contributed by atoms with E-state index in [1.165, 1.54) is 18.7 Å². The Kier molecular flexibility index (Phi) is 3.19. The van der Waals surface area contributed by atoms with E-state index in [9.17, 15) is 0 Å². The number of pyridine rings is 1. The van der Waals surface area contributed by atoms with Crippen molar-refractivity contribution in [3.8, 4) is 0 Å². The molecule has 0 saturated carbocycles. The summed E-state index contributed by atoms with van der Waals surface area (Å²) >= 11 is 0. The third-order valence-corrected chi connectivity index (χ3v) is 3.84. The standard InChI is InChI=1S/C14H20N4/c1-15-11-12-5-8-17(9-6-12)14-4-2-3-13-16-7-10-18(13)14/h2-4,7,10,12,15H,5-6,8-9,11H2,1H3. The van der Waals surface area contributed by atoms with Crippen molar-refractivity contribution in [2.24, 2.45) is 5.92 Å². The van der Waals surface area contributed by atoms with Crippen LogP contribution in [0.15, 0.2) is 30.6 Å². The third-order valence-electron chi connectivity index (χ3n) is 3.84. The summed E-state index contributed by atoms with van der Waals surface area (Å²) in [6.45, 7) is 3.43. The molecule has 96 valence electrons. The second-order valence-electron chi connectivity index (χ2n) is 5.03. The van der Waals surface area contributed by atoms with Gasteiger partial charge >= 0.3 is 0 Å². The van der Waals surface area contributed by atoms with Crippen molar-refractivity contribution in [1.82, 2.24) is 14.7 Å². The number of imidazole rings is 1. The zero-order chi connectivity index (χ0) is 12.4. The molecule has 1 aliphatic heterocycles. The summed E-state index contributed by atoms with van der Waals surface area (Å²) in [4.78, 5) is 6.82. The fourth-order valence-electron chi connectivity index (χ4n) is 2.85. The molecule has 0 radical (unpaired) electrons. The molecular weight excluding hydrogens is 224 g/mol. The zero-order valence-electron chi connectivity index (χ0n) is 10.8. The van der Waals surface area contributed by atoms with Crippen LogP contribution in [-0.4, -0.2) is 36.1 Å². The van der Waals surface area contributed by atoms with E-state index in [1.807, 2.05) is 19.4 Å². The van der Waals surface area contributed by atoms with Gasteiger partial charge in [0.2, 0.25) is 0 Å². The Morgan fingerprint density at radius 3 is 2.94 bits per heavy atom. The maximum Gasteiger partial charge on any atom is 0.138 e. The summed E-state index contributed by atoms with van der Waals surface area (Å²) in [5, 5.41) is 3.28. The van der Waals surface area contributed by atoms with Crippen LogP contribution in [0.4, 0.5) is 5.82 Å². The van der Waals surface area contributed by atoms with E-state index in [1.54, 1.807) is 0 Å². The maximum absolute atomic E-state index is 4.34. The zero-order valence-corrected chi connectivity index (χ0v) is 10.8. The number of anilines is 1. The molecule has 0 amide bonds. The predicted octanol–water partition coefficient (Wildman–Crippen LogP) is 1.77. The molecule has 1 fully saturated rings. The van der Waals surface area contributed by atoms with E-state index < -0.39 is 0 Å². The molecule has 0 atom stereocenters. The van der Waals surface area contributed by atoms with Gasteiger partial charge in [-0.3, -0.25) is 4.40 Å². The van der Waals surface area contributed by atoms with Gasteiger partial charge in [-0.25, -0.2) is 4.98 Å². The second-order valence-corrected chi connectivity index (χ2v) is 5.03. The van der Waals surface area contributed by atoms with E-state index >= 15 is 0 Å². The van der Waals surface area contributed by atoms with Crippen molar-refractivity contribution in [2.45, 2.75) is 12.8 Å². The monoisotopic (exact) mass is 244 g/mol. The minimum atomic E-state index is 0.827. The lowest BCUT2D eigenvalue weighted by Gasteiger charge is -2.33. The molecule has 1 N–H and O–H groups in total. The first-order valence-electron chi connectivity index (χ1n) is 6.70. The highest BCUT2D eigenvalue weighted by atomic mass is 15.2. The Morgan fingerprint density at radius 1 is 1.33 bits per heavy atom. The molecule has 3 rings (SSSR count). The van der Waals surface area contributed by atoms with Crippen LogP contribution < -0.4 is 10.2 Å². The molecule has 0 aliphatic carbocycles. The summed E-state index contributed by atoms with van der Waals surface area (Å²) in [6.07, 6.45) is 6.45. The smallest absolute Gasteiger partial charge is 0.138 e. The maximum atomic E-state index is 4.34. The number of nitrogens with zero attached hydrogens (tertiary/aromatic N) is 3. The van der Waals surface area contributed by atoms with Gasteiger partial charge in [-0.15, -0.1) is 0 Å². The SMILES string of the molecule is CNCC1CCN(c2cccc3nccn23)CC1. The van der Waals surface area contributed by atoms with Crippen molar-refractivity contribution in [3.05, 3.63) is 30.6 Å². The normalized spacial score (nSPS) is 17.5. The van der Waals surface area contributed by atoms with Gasteiger partial charge < -0.3 is 10.2 Å². The van der Waals surface area contributed by atoms with Gasteiger partial charge in [-0.05, 0) is 44.5 Å². The van der Waals surface area contributed by atoms with Crippen LogP contribution in [0.5, 0.6) is 0 Å². The second kappa shape index (κ2) is 4.98. The molecule has 0 unspecified atom stereocenters. The third kappa shape index (κ3) is 2.08. The van der Waals surface area contributed by atoms with Crippen LogP contribution in [0, 0.1) is 5.92 Å². The molecule has 1 saturated heterocycles. The highest BCUT2D eigenvalue weighted by Gasteiger charge is 2.20. The minimum Gasteiger partial charge on any atom is -0.358 e. The molecule has 0 spiro atoms. The Hall–Kier alpha value is -1.55. The van der Waals surface area contributed by atoms with Crippen LogP contribution >= 0.6 is 0 Å². The lowest BCUT2D eigenvalue weighted by atomic mass is 9.97. The first-order chi connectivity index (χ1) is 8.88. The van der Waals surface area contributed by atoms with Gasteiger partial charge in [0.25, 0.3) is 0 Å². The van der Waals surface area contributed by atoms with Gasteiger partial charge in [0.1, 0.15) is 11.5 Å². The summed E-state index contributed by atoms with van der Waals surface area (Å²) in [5.41, 5.74) is 1.03. The summed E-state index contributed by atoms with van der Waals surface area (Å²) in [5.74, 6) is 2.10. The van der Waals surface area contributed by atoms with E-state index in [0.29, 0.717) is 0 Å². The largest absolute Gasteiger partial charge is 0.358 e. The molecule has 4 heteroatoms. The molecule has 0 bridgehead atoms. The van der Waals surface area contributed by atoms with Crippen molar-refractivity contribution >= 4 is 11.5 Å². The van der Waals surface area contributed by atoms with Crippen molar-refractivity contribution in [1.29, 1.82) is 0 Å². The van der Waals surface area contributed by atoms with Crippen LogP contribution in [0.25, 0.3) is 5.65 Å². The van der Waals surface area contributed by atoms with Crippen LogP contribution in [-0.2, 0) is 0 Å². The van der Waals surface area contributed by atoms with Crippen molar-refractivity contribution in [2.75, 3.05) is 31.6 Å². The van der Waals surface area contributed by atoms with Gasteiger partial charge in [-0.1, -0.05) is 6.07 Å². The summed E-state index contributed by atoms with van der Waals surface area (Å²) in [6, 6.07) is 6.34. The molecule has 0 aromatic carbocycles. The Balaban J connectivity index is 1.78. The number of hydrogen-bond donors (Lipinski definition) is 1. The fourth-order valence-corrected chi connectivity index (χ4v) is 2.85. The van der Waals surface area contributed by atoms with Gasteiger partial charge in [-0.2, -0.15) is 0 Å². The number of hydrogen-bond acceptors (Lipinski definition) is 3. The number of piperidine rings is 1. The first kappa shape index (κ1) is 11.5. The van der Waals surface area contributed by atoms with Gasteiger partial charge in [0, 0.05) is 25.5 Å². The van der Waals surface area contributed by atoms with Crippen molar-refractivity contribution in [3.63, 3.8) is 0 Å². The summed E-state index contributed by atoms with van der Waals surface area (Å²) < 4.78 is 2.18. The van der Waals surface area contributed by atoms with Crippen molar-refractivity contribution < 1.29 is 0 Å². The first-order valence-corrected chi connectivity index (χ1v) is 6.70. The van der Waals surface area contributed by atoms with Crippen LogP contribution in [0.1, 0.15) is 12.8 Å². The molecule has 2 aromatic heterocycles. The fraction of sp³-hybridized carbons (Fsp3) is 0.500. The van der Waals surface area contributed by atoms with E-state index in [-0.39, 0.29) is 0 Å². The minimum absolute atomic E-state index is 0.827. The molecule has 4 nitrogen and oxygen atoms in total. The number of aromatic nitrogens is 2. The molecule has 1 aliphatic rings. The van der Waals surface area contributed by atoms with Crippen LogP contribution in [0.3, 0.4) is 0 Å². The van der Waals surface area contributed by atoms with Gasteiger partial charge in [0.05, 0.1) is 0 Å². The van der Waals surface area contributed by atoms with Gasteiger partial charge in [0.15, 0.2) is 0 Å².